The molecule has 1 amide bonds. The Morgan fingerprint density at radius 1 is 1.08 bits per heavy atom. The van der Waals surface area contributed by atoms with E-state index in [9.17, 15) is 18.0 Å². The van der Waals surface area contributed by atoms with Gasteiger partial charge in [-0.15, -0.1) is 11.3 Å². The van der Waals surface area contributed by atoms with Crippen LogP contribution in [0.1, 0.15) is 20.7 Å². The quantitative estimate of drug-likeness (QED) is 0.691. The molecule has 3 rings (SSSR count). The van der Waals surface area contributed by atoms with Gasteiger partial charge in [-0.3, -0.25) is 4.79 Å². The van der Waals surface area contributed by atoms with E-state index >= 15 is 0 Å². The zero-order valence-electron chi connectivity index (χ0n) is 14.0. The number of thiophene rings is 1. The lowest BCUT2D eigenvalue weighted by Gasteiger charge is -2.07. The summed E-state index contributed by atoms with van der Waals surface area (Å²) in [7, 11) is -2.16. The molecule has 8 heteroatoms. The number of nitrogens with one attached hydrogen (secondary N) is 1. The first-order chi connectivity index (χ1) is 12.3. The third kappa shape index (κ3) is 3.47. The van der Waals surface area contributed by atoms with Gasteiger partial charge in [-0.1, -0.05) is 24.3 Å². The fraction of sp³-hybridized carbons (Fsp3) is 0.111. The standard InChI is InChI=1S/C18H15NO5S2/c1-24-18(21)15-13-8-3-4-9-14(13)25-17(15)19-16(20)11-6-5-7-12(10-11)26(2,22)23/h3-10H,1-2H3,(H,19,20). The minimum absolute atomic E-state index is 0.0506. The number of rotatable bonds is 4. The van der Waals surface area contributed by atoms with Gasteiger partial charge < -0.3 is 10.1 Å². The second-order valence-electron chi connectivity index (χ2n) is 5.55. The molecule has 0 atom stereocenters. The molecule has 0 bridgehead atoms. The molecule has 0 aliphatic carbocycles. The first kappa shape index (κ1) is 18.1. The van der Waals surface area contributed by atoms with Gasteiger partial charge in [0.25, 0.3) is 5.91 Å². The topological polar surface area (TPSA) is 89.5 Å². The summed E-state index contributed by atoms with van der Waals surface area (Å²) in [5, 5.41) is 3.73. The maximum atomic E-state index is 12.6. The molecule has 1 heterocycles. The molecule has 0 fully saturated rings. The zero-order valence-corrected chi connectivity index (χ0v) is 15.6. The maximum absolute atomic E-state index is 12.6. The molecule has 0 spiro atoms. The Morgan fingerprint density at radius 2 is 1.81 bits per heavy atom. The van der Waals surface area contributed by atoms with Crippen LogP contribution in [0.25, 0.3) is 10.1 Å². The minimum Gasteiger partial charge on any atom is -0.465 e. The van der Waals surface area contributed by atoms with Gasteiger partial charge in [-0.2, -0.15) is 0 Å². The highest BCUT2D eigenvalue weighted by molar-refractivity contribution is 7.90. The van der Waals surface area contributed by atoms with E-state index in [2.05, 4.69) is 5.32 Å². The van der Waals surface area contributed by atoms with E-state index in [0.29, 0.717) is 10.4 Å². The van der Waals surface area contributed by atoms with Crippen LogP contribution in [0.3, 0.4) is 0 Å². The first-order valence-electron chi connectivity index (χ1n) is 7.52. The van der Waals surface area contributed by atoms with Crippen LogP contribution in [0.4, 0.5) is 5.00 Å². The number of sulfone groups is 1. The minimum atomic E-state index is -3.43. The molecule has 3 aromatic rings. The monoisotopic (exact) mass is 389 g/mol. The second kappa shape index (κ2) is 6.89. The molecule has 0 aliphatic heterocycles. The Bertz CT molecular complexity index is 1120. The lowest BCUT2D eigenvalue weighted by Crippen LogP contribution is -2.14. The fourth-order valence-corrected chi connectivity index (χ4v) is 4.23. The first-order valence-corrected chi connectivity index (χ1v) is 10.2. The Balaban J connectivity index is 2.01. The number of carbonyl (C=O) groups excluding carboxylic acids is 2. The van der Waals surface area contributed by atoms with Crippen molar-refractivity contribution in [3.63, 3.8) is 0 Å². The van der Waals surface area contributed by atoms with E-state index in [4.69, 9.17) is 4.74 Å². The Labute approximate surface area is 154 Å². The zero-order chi connectivity index (χ0) is 18.9. The highest BCUT2D eigenvalue weighted by Crippen LogP contribution is 2.36. The Kier molecular flexibility index (Phi) is 4.80. The molecule has 1 aromatic heterocycles. The van der Waals surface area contributed by atoms with Crippen LogP contribution in [0.2, 0.25) is 0 Å². The van der Waals surface area contributed by atoms with Crippen LogP contribution < -0.4 is 5.32 Å². The van der Waals surface area contributed by atoms with E-state index in [0.717, 1.165) is 11.0 Å². The van der Waals surface area contributed by atoms with Gasteiger partial charge in [-0.05, 0) is 24.3 Å². The Hall–Kier alpha value is -2.71. The molecule has 6 nitrogen and oxygen atoms in total. The van der Waals surface area contributed by atoms with Gasteiger partial charge in [0, 0.05) is 21.9 Å². The van der Waals surface area contributed by atoms with Gasteiger partial charge in [0.1, 0.15) is 10.6 Å². The van der Waals surface area contributed by atoms with Crippen LogP contribution >= 0.6 is 11.3 Å². The molecule has 0 aliphatic rings. The smallest absolute Gasteiger partial charge is 0.341 e. The fourth-order valence-electron chi connectivity index (χ4n) is 2.48. The molecular weight excluding hydrogens is 374 g/mol. The van der Waals surface area contributed by atoms with Crippen LogP contribution in [-0.2, 0) is 14.6 Å². The maximum Gasteiger partial charge on any atom is 0.341 e. The summed E-state index contributed by atoms with van der Waals surface area (Å²) < 4.78 is 29.0. The summed E-state index contributed by atoms with van der Waals surface area (Å²) in [4.78, 5) is 24.8. The van der Waals surface area contributed by atoms with Gasteiger partial charge >= 0.3 is 5.97 Å². The molecule has 1 N–H and O–H groups in total. The molecule has 0 radical (unpaired) electrons. The number of fused-ring (bicyclic) bond motifs is 1. The number of benzene rings is 2. The van der Waals surface area contributed by atoms with Crippen LogP contribution in [0, 0.1) is 0 Å². The third-order valence-corrected chi connectivity index (χ3v) is 5.93. The summed E-state index contributed by atoms with van der Waals surface area (Å²) >= 11 is 1.25. The van der Waals surface area contributed by atoms with E-state index in [1.807, 2.05) is 12.1 Å². The summed E-state index contributed by atoms with van der Waals surface area (Å²) in [6.45, 7) is 0. The molecule has 26 heavy (non-hydrogen) atoms. The Morgan fingerprint density at radius 3 is 2.50 bits per heavy atom. The van der Waals surface area contributed by atoms with Gasteiger partial charge in [0.2, 0.25) is 0 Å². The largest absolute Gasteiger partial charge is 0.465 e. The molecule has 0 saturated heterocycles. The molecule has 2 aromatic carbocycles. The lowest BCUT2D eigenvalue weighted by molar-refractivity contribution is 0.0604. The summed E-state index contributed by atoms with van der Waals surface area (Å²) in [6.07, 6.45) is 1.07. The van der Waals surface area contributed by atoms with Gasteiger partial charge in [-0.25, -0.2) is 13.2 Å². The predicted octanol–water partition coefficient (Wildman–Crippen LogP) is 3.34. The van der Waals surface area contributed by atoms with E-state index in [-0.39, 0.29) is 16.0 Å². The average molecular weight is 389 g/mol. The van der Waals surface area contributed by atoms with Gasteiger partial charge in [0.15, 0.2) is 9.84 Å². The van der Waals surface area contributed by atoms with Crippen molar-refractivity contribution in [2.24, 2.45) is 0 Å². The van der Waals surface area contributed by atoms with Crippen LogP contribution in [0.15, 0.2) is 53.4 Å². The number of amides is 1. The van der Waals surface area contributed by atoms with Crippen molar-refractivity contribution in [2.75, 3.05) is 18.7 Å². The number of anilines is 1. The highest BCUT2D eigenvalue weighted by atomic mass is 32.2. The van der Waals surface area contributed by atoms with Gasteiger partial charge in [0.05, 0.1) is 12.0 Å². The number of hydrogen-bond acceptors (Lipinski definition) is 6. The predicted molar refractivity (Wildman–Crippen MR) is 101 cm³/mol. The van der Waals surface area contributed by atoms with E-state index in [1.54, 1.807) is 12.1 Å². The number of carbonyl (C=O) groups is 2. The highest BCUT2D eigenvalue weighted by Gasteiger charge is 2.21. The van der Waals surface area contributed by atoms with Crippen molar-refractivity contribution < 1.29 is 22.7 Å². The third-order valence-electron chi connectivity index (χ3n) is 3.74. The SMILES string of the molecule is COC(=O)c1c(NC(=O)c2cccc(S(C)(=O)=O)c2)sc2ccccc12. The number of hydrogen-bond donors (Lipinski definition) is 1. The summed E-state index contributed by atoms with van der Waals surface area (Å²) in [5.74, 6) is -1.06. The second-order valence-corrected chi connectivity index (χ2v) is 8.62. The molecule has 134 valence electrons. The van der Waals surface area contributed by atoms with Crippen molar-refractivity contribution in [1.29, 1.82) is 0 Å². The van der Waals surface area contributed by atoms with Crippen molar-refractivity contribution in [3.05, 3.63) is 59.7 Å². The lowest BCUT2D eigenvalue weighted by atomic mass is 10.1. The summed E-state index contributed by atoms with van der Waals surface area (Å²) in [6, 6.07) is 13.0. The molecular formula is C18H15NO5S2. The number of ether oxygens (including phenoxy) is 1. The normalized spacial score (nSPS) is 11.3. The van der Waals surface area contributed by atoms with E-state index in [1.165, 1.54) is 42.7 Å². The van der Waals surface area contributed by atoms with Crippen molar-refractivity contribution in [2.45, 2.75) is 4.90 Å². The number of methoxy groups -OCH3 is 1. The van der Waals surface area contributed by atoms with E-state index < -0.39 is 21.7 Å². The van der Waals surface area contributed by atoms with Crippen molar-refractivity contribution in [3.8, 4) is 0 Å². The van der Waals surface area contributed by atoms with Crippen molar-refractivity contribution in [1.82, 2.24) is 0 Å². The van der Waals surface area contributed by atoms with Crippen LogP contribution in [0.5, 0.6) is 0 Å². The molecule has 0 saturated carbocycles. The average Bonchev–Trinajstić information content (AvgIpc) is 2.98. The summed E-state index contributed by atoms with van der Waals surface area (Å²) in [5.41, 5.74) is 0.460. The molecule has 0 unspecified atom stereocenters. The van der Waals surface area contributed by atoms with Crippen molar-refractivity contribution >= 4 is 48.1 Å². The number of esters is 1. The van der Waals surface area contributed by atoms with Crippen LogP contribution in [-0.4, -0.2) is 33.7 Å².